The molecule has 0 radical (unpaired) electrons. The number of rotatable bonds is 5. The minimum Gasteiger partial charge on any atom is -0.360 e. The molecule has 10 heteroatoms. The van der Waals surface area contributed by atoms with Crippen LogP contribution in [0.5, 0.6) is 0 Å². The number of aryl methyl sites for hydroxylation is 1. The molecule has 0 saturated carbocycles. The van der Waals surface area contributed by atoms with E-state index in [0.717, 1.165) is 0 Å². The highest BCUT2D eigenvalue weighted by Crippen LogP contribution is 2.23. The van der Waals surface area contributed by atoms with Crippen LogP contribution in [0.3, 0.4) is 0 Å². The van der Waals surface area contributed by atoms with E-state index in [2.05, 4.69) is 25.7 Å². The molecule has 0 bridgehead atoms. The van der Waals surface area contributed by atoms with Crippen LogP contribution in [0.4, 0.5) is 17.6 Å². The van der Waals surface area contributed by atoms with Gasteiger partial charge in [-0.25, -0.2) is 8.42 Å². The summed E-state index contributed by atoms with van der Waals surface area (Å²) in [5.41, 5.74) is 0. The Morgan fingerprint density at radius 2 is 2.30 bits per heavy atom. The Bertz CT molecular complexity index is 791. The summed E-state index contributed by atoms with van der Waals surface area (Å²) in [7, 11) is -2.96. The molecule has 1 fully saturated rings. The maximum atomic E-state index is 11.7. The van der Waals surface area contributed by atoms with Crippen LogP contribution in [0.15, 0.2) is 16.8 Å². The number of sulfone groups is 1. The van der Waals surface area contributed by atoms with Crippen molar-refractivity contribution in [2.45, 2.75) is 26.3 Å². The first kappa shape index (κ1) is 15.7. The van der Waals surface area contributed by atoms with Crippen molar-refractivity contribution in [3.05, 3.63) is 18.0 Å². The smallest absolute Gasteiger partial charge is 0.250 e. The molecule has 0 spiro atoms. The molecule has 23 heavy (non-hydrogen) atoms. The van der Waals surface area contributed by atoms with Crippen LogP contribution in [0.2, 0.25) is 0 Å². The third kappa shape index (κ3) is 3.58. The summed E-state index contributed by atoms with van der Waals surface area (Å²) in [4.78, 5) is 6.35. The summed E-state index contributed by atoms with van der Waals surface area (Å²) in [6.45, 7) is 4.38. The molecule has 0 aliphatic carbocycles. The molecule has 2 aromatic rings. The van der Waals surface area contributed by atoms with Crippen molar-refractivity contribution >= 4 is 27.4 Å². The SMILES string of the molecule is CCN(c1cnnc(Nc2cc(C)on2)n1)C1CCS(=O)(=O)C1. The van der Waals surface area contributed by atoms with Crippen LogP contribution in [-0.4, -0.2) is 52.8 Å². The van der Waals surface area contributed by atoms with Gasteiger partial charge < -0.3 is 14.7 Å². The van der Waals surface area contributed by atoms with Gasteiger partial charge in [-0.1, -0.05) is 5.16 Å². The van der Waals surface area contributed by atoms with E-state index in [-0.39, 0.29) is 23.5 Å². The van der Waals surface area contributed by atoms with E-state index in [1.54, 1.807) is 13.0 Å². The number of nitrogens with one attached hydrogen (secondary N) is 1. The van der Waals surface area contributed by atoms with Gasteiger partial charge >= 0.3 is 0 Å². The second-order valence-electron chi connectivity index (χ2n) is 5.43. The lowest BCUT2D eigenvalue weighted by Crippen LogP contribution is -2.37. The highest BCUT2D eigenvalue weighted by Gasteiger charge is 2.32. The zero-order valence-corrected chi connectivity index (χ0v) is 13.7. The third-order valence-electron chi connectivity index (χ3n) is 3.70. The van der Waals surface area contributed by atoms with Crippen LogP contribution in [0, 0.1) is 6.92 Å². The fourth-order valence-corrected chi connectivity index (χ4v) is 4.39. The topological polar surface area (TPSA) is 114 Å². The van der Waals surface area contributed by atoms with Crippen molar-refractivity contribution in [2.75, 3.05) is 28.3 Å². The molecule has 1 atom stereocenters. The molecule has 2 aromatic heterocycles. The number of anilines is 3. The molecule has 1 aliphatic heterocycles. The van der Waals surface area contributed by atoms with Gasteiger partial charge in [0.1, 0.15) is 5.76 Å². The molecule has 1 unspecified atom stereocenters. The third-order valence-corrected chi connectivity index (χ3v) is 5.45. The summed E-state index contributed by atoms with van der Waals surface area (Å²) in [6, 6.07) is 1.64. The van der Waals surface area contributed by atoms with Gasteiger partial charge in [0.2, 0.25) is 5.95 Å². The highest BCUT2D eigenvalue weighted by molar-refractivity contribution is 7.91. The summed E-state index contributed by atoms with van der Waals surface area (Å²) < 4.78 is 28.4. The Labute approximate surface area is 134 Å². The van der Waals surface area contributed by atoms with E-state index in [1.165, 1.54) is 6.20 Å². The van der Waals surface area contributed by atoms with Crippen LogP contribution in [-0.2, 0) is 9.84 Å². The minimum absolute atomic E-state index is 0.0798. The van der Waals surface area contributed by atoms with Crippen LogP contribution < -0.4 is 10.2 Å². The quantitative estimate of drug-likeness (QED) is 0.850. The molecule has 1 N–H and O–H groups in total. The van der Waals surface area contributed by atoms with E-state index >= 15 is 0 Å². The first-order valence-electron chi connectivity index (χ1n) is 7.34. The van der Waals surface area contributed by atoms with Crippen LogP contribution in [0.25, 0.3) is 0 Å². The summed E-state index contributed by atoms with van der Waals surface area (Å²) >= 11 is 0. The monoisotopic (exact) mass is 338 g/mol. The van der Waals surface area contributed by atoms with Gasteiger partial charge in [-0.15, -0.1) is 5.10 Å². The van der Waals surface area contributed by atoms with Crippen molar-refractivity contribution in [2.24, 2.45) is 0 Å². The first-order chi connectivity index (χ1) is 11.0. The van der Waals surface area contributed by atoms with Gasteiger partial charge in [0.15, 0.2) is 21.5 Å². The van der Waals surface area contributed by atoms with Gasteiger partial charge in [0.05, 0.1) is 17.7 Å². The summed E-state index contributed by atoms with van der Waals surface area (Å²) in [6.07, 6.45) is 2.14. The highest BCUT2D eigenvalue weighted by atomic mass is 32.2. The van der Waals surface area contributed by atoms with Gasteiger partial charge in [0, 0.05) is 18.7 Å². The van der Waals surface area contributed by atoms with Gasteiger partial charge in [-0.3, -0.25) is 0 Å². The summed E-state index contributed by atoms with van der Waals surface area (Å²) in [5, 5.41) is 14.6. The standard InChI is InChI=1S/C13H18N6O3S/c1-3-19(10-4-5-23(20,21)8-10)12-7-14-17-13(16-12)15-11-6-9(2)22-18-11/h6-7,10H,3-5,8H2,1-2H3,(H,15,16,17,18). The number of hydrogen-bond donors (Lipinski definition) is 1. The Hall–Kier alpha value is -2.23. The first-order valence-corrected chi connectivity index (χ1v) is 9.16. The lowest BCUT2D eigenvalue weighted by Gasteiger charge is -2.27. The normalized spacial score (nSPS) is 19.7. The van der Waals surface area contributed by atoms with Gasteiger partial charge in [0.25, 0.3) is 0 Å². The maximum Gasteiger partial charge on any atom is 0.250 e. The van der Waals surface area contributed by atoms with E-state index in [1.807, 2.05) is 11.8 Å². The van der Waals surface area contributed by atoms with E-state index in [0.29, 0.717) is 30.4 Å². The molecular formula is C13H18N6O3S. The predicted octanol–water partition coefficient (Wildman–Crippen LogP) is 0.925. The molecule has 0 aromatic carbocycles. The lowest BCUT2D eigenvalue weighted by atomic mass is 10.2. The average Bonchev–Trinajstić information content (AvgIpc) is 3.06. The van der Waals surface area contributed by atoms with Crippen molar-refractivity contribution < 1.29 is 12.9 Å². The second-order valence-corrected chi connectivity index (χ2v) is 7.66. The largest absolute Gasteiger partial charge is 0.360 e. The van der Waals surface area contributed by atoms with Crippen LogP contribution >= 0.6 is 0 Å². The molecule has 124 valence electrons. The van der Waals surface area contributed by atoms with E-state index in [9.17, 15) is 8.42 Å². The van der Waals surface area contributed by atoms with Crippen molar-refractivity contribution in [3.63, 3.8) is 0 Å². The second kappa shape index (κ2) is 6.11. The lowest BCUT2D eigenvalue weighted by molar-refractivity contribution is 0.400. The molecule has 1 aliphatic rings. The van der Waals surface area contributed by atoms with Crippen molar-refractivity contribution in [1.29, 1.82) is 0 Å². The molecule has 3 heterocycles. The maximum absolute atomic E-state index is 11.7. The van der Waals surface area contributed by atoms with Crippen molar-refractivity contribution in [1.82, 2.24) is 20.3 Å². The fraction of sp³-hybridized carbons (Fsp3) is 0.538. The molecule has 3 rings (SSSR count). The molecule has 0 amide bonds. The van der Waals surface area contributed by atoms with E-state index < -0.39 is 9.84 Å². The zero-order chi connectivity index (χ0) is 16.4. The average molecular weight is 338 g/mol. The van der Waals surface area contributed by atoms with Crippen molar-refractivity contribution in [3.8, 4) is 0 Å². The predicted molar refractivity (Wildman–Crippen MR) is 84.4 cm³/mol. The number of aromatic nitrogens is 4. The Morgan fingerprint density at radius 3 is 2.91 bits per heavy atom. The minimum atomic E-state index is -2.96. The number of hydrogen-bond acceptors (Lipinski definition) is 9. The summed E-state index contributed by atoms with van der Waals surface area (Å²) in [5.74, 6) is 2.41. The zero-order valence-electron chi connectivity index (χ0n) is 12.9. The number of nitrogens with zero attached hydrogens (tertiary/aromatic N) is 5. The van der Waals surface area contributed by atoms with Gasteiger partial charge in [-0.05, 0) is 20.3 Å². The van der Waals surface area contributed by atoms with E-state index in [4.69, 9.17) is 4.52 Å². The van der Waals surface area contributed by atoms with Crippen LogP contribution in [0.1, 0.15) is 19.1 Å². The Balaban J connectivity index is 1.80. The Morgan fingerprint density at radius 1 is 1.48 bits per heavy atom. The molecule has 9 nitrogen and oxygen atoms in total. The Kier molecular flexibility index (Phi) is 4.16. The fourth-order valence-electron chi connectivity index (χ4n) is 2.65. The van der Waals surface area contributed by atoms with Gasteiger partial charge in [-0.2, -0.15) is 10.1 Å². The molecular weight excluding hydrogens is 320 g/mol. The molecule has 1 saturated heterocycles.